The minimum Gasteiger partial charge on any atom is -0.317 e. The summed E-state index contributed by atoms with van der Waals surface area (Å²) in [7, 11) is 0. The summed E-state index contributed by atoms with van der Waals surface area (Å²) in [5.41, 5.74) is 4.50. The Balaban J connectivity index is 1.25. The Hall–Kier alpha value is -9.96. The molecular formula is C70H40N6S2. The number of aryl methyl sites for hydroxylation is 1. The van der Waals surface area contributed by atoms with Crippen molar-refractivity contribution in [3.05, 3.63) is 234 Å². The summed E-state index contributed by atoms with van der Waals surface area (Å²) in [5.74, 6) is 0. The lowest BCUT2D eigenvalue weighted by Crippen LogP contribution is -2.14. The van der Waals surface area contributed by atoms with Gasteiger partial charge in [-0.25, -0.2) is 4.85 Å². The van der Waals surface area contributed by atoms with Crippen molar-refractivity contribution in [1.82, 2.24) is 18.3 Å². The van der Waals surface area contributed by atoms with E-state index in [-0.39, 0.29) is 70.3 Å². The minimum atomic E-state index is -3.15. The summed E-state index contributed by atoms with van der Waals surface area (Å²) in [4.78, 5) is 4.65. The van der Waals surface area contributed by atoms with Gasteiger partial charge in [0.1, 0.15) is 6.07 Å². The van der Waals surface area contributed by atoms with Gasteiger partial charge in [0.05, 0.1) is 101 Å². The normalized spacial score (nSPS) is 14.6. The highest BCUT2D eigenvalue weighted by molar-refractivity contribution is 7.27. The van der Waals surface area contributed by atoms with E-state index in [4.69, 9.17) is 6.85 Å². The van der Waals surface area contributed by atoms with Crippen LogP contribution < -0.4 is 0 Å². The van der Waals surface area contributed by atoms with Crippen LogP contribution in [-0.2, 0) is 0 Å². The lowest BCUT2D eigenvalue weighted by molar-refractivity contribution is 1.04. The van der Waals surface area contributed by atoms with Crippen LogP contribution in [0.25, 0.3) is 155 Å². The Labute approximate surface area is 470 Å². The van der Waals surface area contributed by atoms with Gasteiger partial charge in [-0.05, 0) is 74.4 Å². The molecule has 78 heavy (non-hydrogen) atoms. The summed E-state index contributed by atoms with van der Waals surface area (Å²) >= 11 is 2.52. The van der Waals surface area contributed by atoms with E-state index in [2.05, 4.69) is 51.9 Å². The summed E-state index contributed by atoms with van der Waals surface area (Å²) in [5, 5.41) is 19.5. The van der Waals surface area contributed by atoms with Gasteiger partial charge in [0, 0.05) is 78.1 Å². The molecule has 0 atom stereocenters. The maximum atomic E-state index is 13.0. The van der Waals surface area contributed by atoms with Crippen LogP contribution in [0, 0.1) is 31.7 Å². The van der Waals surface area contributed by atoms with E-state index < -0.39 is 66.8 Å². The maximum Gasteiger partial charge on any atom is 0.237 e. The number of hydrogen-bond donors (Lipinski definition) is 0. The monoisotopic (exact) mass is 1040 g/mol. The van der Waals surface area contributed by atoms with Crippen molar-refractivity contribution < 1.29 is 16.4 Å². The second-order valence-corrected chi connectivity index (χ2v) is 21.7. The molecule has 0 bridgehead atoms. The van der Waals surface area contributed by atoms with Crippen molar-refractivity contribution in [3.63, 3.8) is 0 Å². The summed E-state index contributed by atoms with van der Waals surface area (Å²) in [6.07, 6.45) is 0. The smallest absolute Gasteiger partial charge is 0.237 e. The van der Waals surface area contributed by atoms with E-state index in [1.807, 2.05) is 131 Å². The fourth-order valence-electron chi connectivity index (χ4n) is 12.6. The molecule has 8 heteroatoms. The Bertz CT molecular complexity index is 6060. The first-order valence-corrected chi connectivity index (χ1v) is 26.8. The molecule has 11 aromatic carbocycles. The molecule has 17 aromatic rings. The molecule has 6 nitrogen and oxygen atoms in total. The van der Waals surface area contributed by atoms with Crippen molar-refractivity contribution in [3.8, 4) is 28.8 Å². The highest BCUT2D eigenvalue weighted by Gasteiger charge is 2.35. The Morgan fingerprint density at radius 1 is 0.449 bits per heavy atom. The van der Waals surface area contributed by atoms with E-state index in [9.17, 15) is 21.4 Å². The largest absolute Gasteiger partial charge is 0.317 e. The zero-order valence-electron chi connectivity index (χ0n) is 52.9. The van der Waals surface area contributed by atoms with Crippen LogP contribution in [0.1, 0.15) is 33.1 Å². The quantitative estimate of drug-likeness (QED) is 0.162. The molecule has 17 rings (SSSR count). The second-order valence-electron chi connectivity index (χ2n) is 19.7. The Morgan fingerprint density at radius 3 is 1.69 bits per heavy atom. The lowest BCUT2D eigenvalue weighted by atomic mass is 10.0. The number of hydrogen-bond acceptors (Lipinski definition) is 3. The van der Waals surface area contributed by atoms with Crippen LogP contribution in [0.3, 0.4) is 0 Å². The van der Waals surface area contributed by atoms with Gasteiger partial charge in [0.25, 0.3) is 0 Å². The maximum absolute atomic E-state index is 13.0. The minimum absolute atomic E-state index is 0.0297. The van der Waals surface area contributed by atoms with Crippen molar-refractivity contribution in [2.24, 2.45) is 0 Å². The molecule has 0 aliphatic carbocycles. The third kappa shape index (κ3) is 5.57. The molecule has 0 aliphatic heterocycles. The number of para-hydroxylation sites is 4. The molecule has 0 N–H and O–H groups in total. The second kappa shape index (κ2) is 15.8. The number of nitriles is 1. The van der Waals surface area contributed by atoms with Gasteiger partial charge in [-0.3, -0.25) is 0 Å². The van der Waals surface area contributed by atoms with E-state index in [0.29, 0.717) is 27.8 Å². The Morgan fingerprint density at radius 2 is 1.01 bits per heavy atom. The van der Waals surface area contributed by atoms with Gasteiger partial charge >= 0.3 is 0 Å². The molecule has 362 valence electrons. The van der Waals surface area contributed by atoms with Crippen LogP contribution >= 0.6 is 22.7 Å². The predicted molar refractivity (Wildman–Crippen MR) is 330 cm³/mol. The topological polar surface area (TPSA) is 47.9 Å². The van der Waals surface area contributed by atoms with Crippen LogP contribution in [0.4, 0.5) is 5.69 Å². The van der Waals surface area contributed by atoms with Gasteiger partial charge < -0.3 is 18.3 Å². The number of aromatic nitrogens is 4. The molecule has 0 saturated carbocycles. The summed E-state index contributed by atoms with van der Waals surface area (Å²) in [6.45, 7) is 8.92. The Kier molecular flexibility index (Phi) is 6.72. The average molecular weight is 1040 g/mol. The summed E-state index contributed by atoms with van der Waals surface area (Å²) < 4.78 is 122. The fourth-order valence-corrected chi connectivity index (χ4v) is 14.9. The average Bonchev–Trinajstić information content (AvgIpc) is 1.49. The van der Waals surface area contributed by atoms with Crippen LogP contribution in [-0.4, -0.2) is 18.3 Å². The molecule has 6 aromatic heterocycles. The van der Waals surface area contributed by atoms with Crippen molar-refractivity contribution in [2.45, 2.75) is 13.8 Å². The van der Waals surface area contributed by atoms with Gasteiger partial charge in [0.15, 0.2) is 0 Å². The highest BCUT2D eigenvalue weighted by Crippen LogP contribution is 2.54. The lowest BCUT2D eigenvalue weighted by Gasteiger charge is -2.27. The van der Waals surface area contributed by atoms with Gasteiger partial charge in [-0.15, -0.1) is 22.7 Å². The van der Waals surface area contributed by atoms with E-state index >= 15 is 0 Å². The highest BCUT2D eigenvalue weighted by atomic mass is 32.1. The molecule has 6 heterocycles. The van der Waals surface area contributed by atoms with Crippen molar-refractivity contribution >= 4 is 156 Å². The van der Waals surface area contributed by atoms with Gasteiger partial charge in [-0.1, -0.05) is 157 Å². The van der Waals surface area contributed by atoms with E-state index in [1.165, 1.54) is 4.57 Å². The molecular weight excluding hydrogens is 989 g/mol. The fraction of sp³-hybridized carbons (Fsp3) is 0.0286. The van der Waals surface area contributed by atoms with Gasteiger partial charge in [0.2, 0.25) is 5.69 Å². The molecule has 0 unspecified atom stereocenters. The molecule has 0 radical (unpaired) electrons. The predicted octanol–water partition coefficient (Wildman–Crippen LogP) is 19.9. The first-order chi connectivity index (χ1) is 43.5. The number of nitrogens with zero attached hydrogens (tertiary/aromatic N) is 6. The molecule has 0 fully saturated rings. The standard InChI is InChI=1S/C70H40N6S2/c1-39-28-34-58-51(36-39)47-30-32-49-45-20-8-14-26-60(45)77-69(49)65(47)75(58)63-53(38-71)64(73-54-22-10-4-16-41(54)42-17-5-11-23-55(42)73)68(67(62(63)72-3)74-56-24-12-6-18-43(56)44-19-7-13-25-57(44)74)76-59-35-29-40(2)37-52(59)48-31-33-50-46-21-9-15-27-61(46)78-70(50)66(48)76/h4-37H,1-2H3/i1D3,8D,14D,20D,26D,28D,30D,32D,34D,36D. The van der Waals surface area contributed by atoms with Crippen LogP contribution in [0.15, 0.2) is 206 Å². The molecule has 0 saturated heterocycles. The third-order valence-electron chi connectivity index (χ3n) is 15.7. The first kappa shape index (κ1) is 33.2. The van der Waals surface area contributed by atoms with Crippen LogP contribution in [0.2, 0.25) is 0 Å². The number of fused-ring (bicyclic) bond motifs is 20. The number of benzene rings is 11. The number of rotatable bonds is 4. The van der Waals surface area contributed by atoms with Crippen molar-refractivity contribution in [2.75, 3.05) is 0 Å². The SMILES string of the molecule is [2H]c1c([2H])c([2H])c2c(sc3c2c([2H])c([2H])c2c4c([2H])c(C([2H])([2H])[2H])c([2H])c([2H])c4n(-c4c(C#N)c(-n5c6ccccc6c6ccccc65)c(-n5c6ccc(C)cc6c6ccc7c8ccccc8sc7c65)c(-n5c6ccccc6c6ccccc65)c4[N+]#[C-])c32)c1[2H]. The van der Waals surface area contributed by atoms with Crippen molar-refractivity contribution in [1.29, 1.82) is 5.26 Å². The molecule has 0 aliphatic rings. The zero-order valence-corrected chi connectivity index (χ0v) is 42.6. The van der Waals surface area contributed by atoms with E-state index in [1.54, 1.807) is 11.3 Å². The summed E-state index contributed by atoms with van der Waals surface area (Å²) in [6, 6.07) is 47.5. The van der Waals surface area contributed by atoms with Gasteiger partial charge in [-0.2, -0.15) is 5.26 Å². The first-order valence-electron chi connectivity index (χ1n) is 31.2. The molecule has 0 amide bonds. The molecule has 0 spiro atoms. The third-order valence-corrected chi connectivity index (χ3v) is 18.0. The number of thiophene rings is 2. The van der Waals surface area contributed by atoms with Crippen LogP contribution in [0.5, 0.6) is 0 Å². The zero-order chi connectivity index (χ0) is 62.0. The van der Waals surface area contributed by atoms with E-state index in [0.717, 1.165) is 80.4 Å².